The van der Waals surface area contributed by atoms with Crippen molar-refractivity contribution >= 4 is 5.91 Å². The molecule has 1 aromatic heterocycles. The van der Waals surface area contributed by atoms with Crippen molar-refractivity contribution in [2.75, 3.05) is 20.1 Å². The molecule has 0 bridgehead atoms. The van der Waals surface area contributed by atoms with E-state index in [-0.39, 0.29) is 5.91 Å². The summed E-state index contributed by atoms with van der Waals surface area (Å²) in [6, 6.07) is 0. The van der Waals surface area contributed by atoms with Gasteiger partial charge in [-0.25, -0.2) is 9.67 Å². The van der Waals surface area contributed by atoms with Gasteiger partial charge in [-0.15, -0.1) is 0 Å². The first-order valence-electron chi connectivity index (χ1n) is 6.00. The van der Waals surface area contributed by atoms with Crippen LogP contribution < -0.4 is 5.32 Å². The van der Waals surface area contributed by atoms with Gasteiger partial charge in [0.25, 0.3) is 0 Å². The van der Waals surface area contributed by atoms with E-state index in [4.69, 9.17) is 0 Å². The van der Waals surface area contributed by atoms with Crippen molar-refractivity contribution in [3.63, 3.8) is 0 Å². The Labute approximate surface area is 102 Å². The van der Waals surface area contributed by atoms with Gasteiger partial charge in [0, 0.05) is 20.1 Å². The molecule has 1 amide bonds. The van der Waals surface area contributed by atoms with Crippen LogP contribution in [0.1, 0.15) is 26.1 Å². The van der Waals surface area contributed by atoms with E-state index >= 15 is 0 Å². The molecule has 96 valence electrons. The third kappa shape index (κ3) is 4.14. The van der Waals surface area contributed by atoms with Crippen LogP contribution in [0.25, 0.3) is 0 Å². The molecule has 0 saturated carbocycles. The molecule has 17 heavy (non-hydrogen) atoms. The first-order valence-corrected chi connectivity index (χ1v) is 6.00. The summed E-state index contributed by atoms with van der Waals surface area (Å²) < 4.78 is 1.86. The van der Waals surface area contributed by atoms with Crippen LogP contribution in [-0.4, -0.2) is 45.7 Å². The van der Waals surface area contributed by atoms with Gasteiger partial charge < -0.3 is 10.2 Å². The number of amides is 1. The van der Waals surface area contributed by atoms with Gasteiger partial charge in [0.2, 0.25) is 5.91 Å². The lowest BCUT2D eigenvalue weighted by Crippen LogP contribution is -2.35. The lowest BCUT2D eigenvalue weighted by molar-refractivity contribution is -0.128. The molecule has 1 aromatic rings. The van der Waals surface area contributed by atoms with E-state index in [1.807, 2.05) is 11.6 Å². The first kappa shape index (κ1) is 13.6. The van der Waals surface area contributed by atoms with E-state index in [0.717, 1.165) is 25.3 Å². The maximum absolute atomic E-state index is 11.5. The van der Waals surface area contributed by atoms with Crippen LogP contribution in [0.4, 0.5) is 0 Å². The second kappa shape index (κ2) is 7.01. The van der Waals surface area contributed by atoms with Gasteiger partial charge in [-0.2, -0.15) is 5.10 Å². The Bertz CT molecular complexity index is 349. The molecule has 0 aliphatic carbocycles. The molecule has 0 aliphatic heterocycles. The predicted octanol–water partition coefficient (Wildman–Crippen LogP) is 0.256. The van der Waals surface area contributed by atoms with Gasteiger partial charge in [-0.1, -0.05) is 6.92 Å². The number of aromatic nitrogens is 3. The van der Waals surface area contributed by atoms with E-state index in [1.54, 1.807) is 18.3 Å². The number of hydrogen-bond donors (Lipinski definition) is 1. The van der Waals surface area contributed by atoms with E-state index in [9.17, 15) is 4.79 Å². The summed E-state index contributed by atoms with van der Waals surface area (Å²) in [5.74, 6) is 0.966. The highest BCUT2D eigenvalue weighted by atomic mass is 16.2. The predicted molar refractivity (Wildman–Crippen MR) is 65.3 cm³/mol. The van der Waals surface area contributed by atoms with Crippen LogP contribution in [-0.2, 0) is 17.9 Å². The standard InChI is InChI=1S/C11H21N5O/c1-4-6-16-10(13-9-14-16)7-12-8-11(17)15(3)5-2/h9,12H,4-8H2,1-3H3. The van der Waals surface area contributed by atoms with Crippen molar-refractivity contribution in [2.24, 2.45) is 0 Å². The first-order chi connectivity index (χ1) is 8.19. The van der Waals surface area contributed by atoms with Crippen LogP contribution in [0.2, 0.25) is 0 Å². The molecular formula is C11H21N5O. The number of nitrogens with one attached hydrogen (secondary N) is 1. The molecule has 0 unspecified atom stereocenters. The summed E-state index contributed by atoms with van der Waals surface area (Å²) >= 11 is 0. The van der Waals surface area contributed by atoms with Gasteiger partial charge in [-0.3, -0.25) is 4.79 Å². The summed E-state index contributed by atoms with van der Waals surface area (Å²) in [6.45, 7) is 6.55. The Hall–Kier alpha value is -1.43. The molecule has 0 aliphatic rings. The third-order valence-electron chi connectivity index (χ3n) is 2.59. The molecule has 0 radical (unpaired) electrons. The maximum atomic E-state index is 11.5. The zero-order chi connectivity index (χ0) is 12.7. The van der Waals surface area contributed by atoms with Gasteiger partial charge in [0.1, 0.15) is 12.2 Å². The highest BCUT2D eigenvalue weighted by Crippen LogP contribution is 1.95. The Balaban J connectivity index is 2.35. The van der Waals surface area contributed by atoms with Crippen molar-refractivity contribution in [2.45, 2.75) is 33.4 Å². The van der Waals surface area contributed by atoms with E-state index < -0.39 is 0 Å². The maximum Gasteiger partial charge on any atom is 0.236 e. The molecule has 6 heteroatoms. The minimum atomic E-state index is 0.0917. The summed E-state index contributed by atoms with van der Waals surface area (Å²) in [5, 5.41) is 7.21. The molecule has 1 heterocycles. The Morgan fingerprint density at radius 3 is 2.94 bits per heavy atom. The van der Waals surface area contributed by atoms with Crippen molar-refractivity contribution in [1.82, 2.24) is 25.0 Å². The summed E-state index contributed by atoms with van der Waals surface area (Å²) in [4.78, 5) is 17.4. The molecule has 0 saturated heterocycles. The molecule has 1 N–H and O–H groups in total. The van der Waals surface area contributed by atoms with Gasteiger partial charge >= 0.3 is 0 Å². The lowest BCUT2D eigenvalue weighted by atomic mass is 10.4. The molecule has 0 fully saturated rings. The number of nitrogens with zero attached hydrogens (tertiary/aromatic N) is 4. The smallest absolute Gasteiger partial charge is 0.236 e. The fourth-order valence-corrected chi connectivity index (χ4v) is 1.42. The second-order valence-electron chi connectivity index (χ2n) is 3.91. The average molecular weight is 239 g/mol. The molecule has 1 rings (SSSR count). The largest absolute Gasteiger partial charge is 0.345 e. The van der Waals surface area contributed by atoms with Crippen LogP contribution in [0, 0.1) is 0 Å². The van der Waals surface area contributed by atoms with Crippen LogP contribution in [0.3, 0.4) is 0 Å². The van der Waals surface area contributed by atoms with Gasteiger partial charge in [0.05, 0.1) is 13.1 Å². The van der Waals surface area contributed by atoms with Crippen molar-refractivity contribution < 1.29 is 4.79 Å². The van der Waals surface area contributed by atoms with Crippen molar-refractivity contribution in [1.29, 1.82) is 0 Å². The fraction of sp³-hybridized carbons (Fsp3) is 0.727. The Morgan fingerprint density at radius 1 is 1.53 bits per heavy atom. The minimum Gasteiger partial charge on any atom is -0.345 e. The lowest BCUT2D eigenvalue weighted by Gasteiger charge is -2.14. The highest BCUT2D eigenvalue weighted by Gasteiger charge is 2.07. The topological polar surface area (TPSA) is 63.1 Å². The molecule has 0 spiro atoms. The monoisotopic (exact) mass is 239 g/mol. The average Bonchev–Trinajstić information content (AvgIpc) is 2.76. The third-order valence-corrected chi connectivity index (χ3v) is 2.59. The Kier molecular flexibility index (Phi) is 5.62. The number of carbonyl (C=O) groups is 1. The van der Waals surface area contributed by atoms with Crippen LogP contribution in [0.15, 0.2) is 6.33 Å². The molecular weight excluding hydrogens is 218 g/mol. The molecule has 6 nitrogen and oxygen atoms in total. The van der Waals surface area contributed by atoms with Crippen molar-refractivity contribution in [3.8, 4) is 0 Å². The molecule has 0 atom stereocenters. The van der Waals surface area contributed by atoms with Crippen molar-refractivity contribution in [3.05, 3.63) is 12.2 Å². The zero-order valence-electron chi connectivity index (χ0n) is 10.8. The number of carbonyl (C=O) groups excluding carboxylic acids is 1. The van der Waals surface area contributed by atoms with Crippen LogP contribution >= 0.6 is 0 Å². The van der Waals surface area contributed by atoms with E-state index in [0.29, 0.717) is 13.1 Å². The number of rotatable bonds is 7. The normalized spacial score (nSPS) is 10.5. The van der Waals surface area contributed by atoms with Gasteiger partial charge in [-0.05, 0) is 13.3 Å². The van der Waals surface area contributed by atoms with Gasteiger partial charge in [0.15, 0.2) is 0 Å². The van der Waals surface area contributed by atoms with E-state index in [2.05, 4.69) is 22.3 Å². The summed E-state index contributed by atoms with van der Waals surface area (Å²) in [5.41, 5.74) is 0. The second-order valence-corrected chi connectivity index (χ2v) is 3.91. The fourth-order valence-electron chi connectivity index (χ4n) is 1.42. The SMILES string of the molecule is CCCn1ncnc1CNCC(=O)N(C)CC. The Morgan fingerprint density at radius 2 is 2.29 bits per heavy atom. The number of hydrogen-bond acceptors (Lipinski definition) is 4. The van der Waals surface area contributed by atoms with E-state index in [1.165, 1.54) is 0 Å². The highest BCUT2D eigenvalue weighted by molar-refractivity contribution is 5.77. The number of aryl methyl sites for hydroxylation is 1. The summed E-state index contributed by atoms with van der Waals surface area (Å²) in [6.07, 6.45) is 2.57. The van der Waals surface area contributed by atoms with Crippen LogP contribution in [0.5, 0.6) is 0 Å². The zero-order valence-corrected chi connectivity index (χ0v) is 10.8. The summed E-state index contributed by atoms with van der Waals surface area (Å²) in [7, 11) is 1.80. The quantitative estimate of drug-likeness (QED) is 0.741. The minimum absolute atomic E-state index is 0.0917. The number of likely N-dealkylation sites (N-methyl/N-ethyl adjacent to an activating group) is 1. The molecule has 0 aromatic carbocycles.